The lowest BCUT2D eigenvalue weighted by atomic mass is 9.99. The minimum Gasteiger partial charge on any atom is -0.309 e. The van der Waals surface area contributed by atoms with Crippen LogP contribution in [0, 0.1) is 0 Å². The maximum Gasteiger partial charge on any atom is 0.164 e. The number of nitrogens with zero attached hydrogens (tertiary/aromatic N) is 10. The van der Waals surface area contributed by atoms with Gasteiger partial charge in [-0.2, -0.15) is 0 Å². The summed E-state index contributed by atoms with van der Waals surface area (Å²) in [4.78, 5) is 31.1. The lowest BCUT2D eigenvalue weighted by Gasteiger charge is -2.16. The third kappa shape index (κ3) is 12.3. The molecule has 28 aromatic rings. The average Bonchev–Trinajstić information content (AvgIpc) is 1.58. The van der Waals surface area contributed by atoms with E-state index in [9.17, 15) is 0 Å². The SMILES string of the molecule is c1ccc(-c2ccccc2-c2nc(-c3ccc(-n4c5ccccc5c5c(-n6c7ccccc7c7c8ccccc8ccc76)c6ccccc6cc54)cc3)nc(-c3cccc4ccccc34)n2)cc1.c1ccc(-c2nc(-c3ccc(-n4c5cc(-n6c7ccccc7c7c8ccccc8ccc76)ccc5c5cc6ccccc6cc54)cc3)nc(-c3ccc4c(ccc5ccccc54)c3)n2)cc1. The van der Waals surface area contributed by atoms with Crippen molar-refractivity contribution < 1.29 is 0 Å². The van der Waals surface area contributed by atoms with Crippen LogP contribution in [0.25, 0.3) is 265 Å². The lowest BCUT2D eigenvalue weighted by molar-refractivity contribution is 1.07. The lowest BCUT2D eigenvalue weighted by Crippen LogP contribution is -2.02. The van der Waals surface area contributed by atoms with E-state index in [0.717, 1.165) is 99.8 Å². The Labute approximate surface area is 768 Å². The second-order valence-corrected chi connectivity index (χ2v) is 34.7. The molecule has 0 aliphatic rings. The zero-order valence-electron chi connectivity index (χ0n) is 72.4. The van der Waals surface area contributed by atoms with Gasteiger partial charge in [-0.3, -0.25) is 0 Å². The molecular weight excluding hydrogens is 1630 g/mol. The predicted molar refractivity (Wildman–Crippen MR) is 558 cm³/mol. The number of hydrogen-bond acceptors (Lipinski definition) is 6. The summed E-state index contributed by atoms with van der Waals surface area (Å²) in [5.41, 5.74) is 21.5. The third-order valence-electron chi connectivity index (χ3n) is 27.2. The van der Waals surface area contributed by atoms with Gasteiger partial charge in [0.25, 0.3) is 0 Å². The molecule has 0 amide bonds. The predicted octanol–water partition coefficient (Wildman–Crippen LogP) is 31.9. The van der Waals surface area contributed by atoms with Gasteiger partial charge in [0.05, 0.1) is 49.8 Å². The monoisotopic (exact) mass is 1700 g/mol. The first kappa shape index (κ1) is 76.0. The fourth-order valence-corrected chi connectivity index (χ4v) is 21.1. The maximum atomic E-state index is 5.27. The molecule has 0 fully saturated rings. The minimum absolute atomic E-state index is 0.613. The Bertz CT molecular complexity index is 9700. The Balaban J connectivity index is 0.000000137. The van der Waals surface area contributed by atoms with E-state index >= 15 is 0 Å². The van der Waals surface area contributed by atoms with Crippen molar-refractivity contribution in [2.45, 2.75) is 0 Å². The van der Waals surface area contributed by atoms with Crippen molar-refractivity contribution >= 4 is 163 Å². The van der Waals surface area contributed by atoms with Gasteiger partial charge in [0.15, 0.2) is 34.9 Å². The van der Waals surface area contributed by atoms with Crippen LogP contribution in [0.3, 0.4) is 0 Å². The van der Waals surface area contributed by atoms with Crippen LogP contribution in [0.1, 0.15) is 0 Å². The number of rotatable bonds is 11. The zero-order chi connectivity index (χ0) is 88.0. The highest BCUT2D eigenvalue weighted by atomic mass is 15.1. The molecule has 0 unspecified atom stereocenters. The summed E-state index contributed by atoms with van der Waals surface area (Å²) >= 11 is 0. The summed E-state index contributed by atoms with van der Waals surface area (Å²) in [5, 5.41) is 26.7. The van der Waals surface area contributed by atoms with Crippen LogP contribution in [-0.2, 0) is 0 Å². The van der Waals surface area contributed by atoms with Gasteiger partial charge in [-0.25, -0.2) is 29.9 Å². The summed E-state index contributed by atoms with van der Waals surface area (Å²) in [6, 6.07) is 165. The molecule has 6 heterocycles. The second kappa shape index (κ2) is 30.8. The van der Waals surface area contributed by atoms with Gasteiger partial charge >= 0.3 is 0 Å². The molecule has 0 aliphatic heterocycles. The standard InChI is InChI=1S/C63H39N5.C61H37N5/c1-2-17-40(18-3-1)46-24-10-11-27-50(46)62-64-61(65-63(66-62)51-30-16-22-41-19-4-7-23-47(41)51)43-33-36-45(37-34-43)67-54-31-14-13-29-53(54)59-57(67)39-44-21-6-9-26-49(44)60(59)68-55-32-15-12-28-52(55)58-48-25-8-5-20-42(48)35-38-56(58)68;1-2-14-40(15-3-1)59-62-60(64-61(63-59)45-26-31-49-44(34-45)23-22-38-12-6-8-18-48(38)49)41-24-28-46(29-25-41)65-56-36-43-17-5-4-16-42(43)35-53(56)51-32-30-47(37-57(51)65)66-54-21-11-10-20-52(54)58-50-19-9-7-13-39(50)27-33-55(58)66/h1-39H;1-37H. The van der Waals surface area contributed by atoms with Gasteiger partial charge in [-0.05, 0) is 196 Å². The van der Waals surface area contributed by atoms with Crippen LogP contribution in [-0.4, -0.2) is 48.2 Å². The Kier molecular flexibility index (Phi) is 17.5. The molecule has 0 spiro atoms. The van der Waals surface area contributed by atoms with Crippen molar-refractivity contribution in [1.29, 1.82) is 0 Å². The number of aromatic nitrogens is 10. The zero-order valence-corrected chi connectivity index (χ0v) is 72.4. The minimum atomic E-state index is 0.613. The molecule has 0 aliphatic carbocycles. The third-order valence-corrected chi connectivity index (χ3v) is 27.2. The molecule has 10 nitrogen and oxygen atoms in total. The van der Waals surface area contributed by atoms with E-state index in [2.05, 4.69) is 455 Å². The first-order chi connectivity index (χ1) is 66.4. The largest absolute Gasteiger partial charge is 0.309 e. The van der Waals surface area contributed by atoms with Crippen LogP contribution in [0.4, 0.5) is 0 Å². The maximum absolute atomic E-state index is 5.27. The van der Waals surface area contributed by atoms with Crippen LogP contribution in [0.5, 0.6) is 0 Å². The fraction of sp³-hybridized carbons (Fsp3) is 0. The number of fused-ring (bicyclic) bond motifs is 22. The summed E-state index contributed by atoms with van der Waals surface area (Å²) < 4.78 is 9.78. The van der Waals surface area contributed by atoms with Crippen molar-refractivity contribution in [2.24, 2.45) is 0 Å². The Morgan fingerprint density at radius 2 is 0.485 bits per heavy atom. The first-order valence-electron chi connectivity index (χ1n) is 45.5. The number of para-hydroxylation sites is 3. The summed E-state index contributed by atoms with van der Waals surface area (Å²) in [6.07, 6.45) is 0. The molecule has 0 saturated heterocycles. The van der Waals surface area contributed by atoms with Crippen LogP contribution in [0.2, 0.25) is 0 Å². The Morgan fingerprint density at radius 3 is 1.10 bits per heavy atom. The van der Waals surface area contributed by atoms with E-state index in [1.807, 2.05) is 24.3 Å². The van der Waals surface area contributed by atoms with Crippen molar-refractivity contribution in [1.82, 2.24) is 48.2 Å². The number of hydrogen-bond donors (Lipinski definition) is 0. The van der Waals surface area contributed by atoms with Crippen LogP contribution >= 0.6 is 0 Å². The van der Waals surface area contributed by atoms with E-state index in [4.69, 9.17) is 29.9 Å². The van der Waals surface area contributed by atoms with Gasteiger partial charge < -0.3 is 18.3 Å². The molecule has 0 radical (unpaired) electrons. The summed E-state index contributed by atoms with van der Waals surface area (Å²) in [6.45, 7) is 0. The summed E-state index contributed by atoms with van der Waals surface area (Å²) in [7, 11) is 0. The molecule has 0 N–H and O–H groups in total. The molecular formula is C124H76N10. The van der Waals surface area contributed by atoms with Crippen molar-refractivity contribution in [2.75, 3.05) is 0 Å². The van der Waals surface area contributed by atoms with Crippen molar-refractivity contribution in [3.8, 4) is 102 Å². The quantitative estimate of drug-likeness (QED) is 0.120. The molecule has 10 heteroatoms. The molecule has 0 bridgehead atoms. The molecule has 134 heavy (non-hydrogen) atoms. The van der Waals surface area contributed by atoms with Crippen molar-refractivity contribution in [3.63, 3.8) is 0 Å². The van der Waals surface area contributed by atoms with E-state index in [-0.39, 0.29) is 0 Å². The van der Waals surface area contributed by atoms with Gasteiger partial charge in [0.1, 0.15) is 0 Å². The van der Waals surface area contributed by atoms with E-state index in [1.165, 1.54) is 130 Å². The topological polar surface area (TPSA) is 97.1 Å². The molecule has 22 aromatic carbocycles. The Hall–Kier alpha value is -18.1. The normalized spacial score (nSPS) is 11.9. The highest BCUT2D eigenvalue weighted by molar-refractivity contribution is 6.27. The van der Waals surface area contributed by atoms with Crippen LogP contribution in [0.15, 0.2) is 461 Å². The molecule has 622 valence electrons. The average molecular weight is 1710 g/mol. The van der Waals surface area contributed by atoms with E-state index in [1.54, 1.807) is 0 Å². The van der Waals surface area contributed by atoms with Gasteiger partial charge in [-0.1, -0.05) is 346 Å². The molecule has 0 atom stereocenters. The Morgan fingerprint density at radius 1 is 0.134 bits per heavy atom. The highest BCUT2D eigenvalue weighted by Gasteiger charge is 2.27. The smallest absolute Gasteiger partial charge is 0.164 e. The summed E-state index contributed by atoms with van der Waals surface area (Å²) in [5.74, 6) is 3.77. The van der Waals surface area contributed by atoms with Crippen LogP contribution < -0.4 is 0 Å². The molecule has 28 rings (SSSR count). The number of benzene rings is 22. The van der Waals surface area contributed by atoms with Gasteiger partial charge in [0, 0.05) is 98.9 Å². The second-order valence-electron chi connectivity index (χ2n) is 34.7. The van der Waals surface area contributed by atoms with Crippen molar-refractivity contribution in [3.05, 3.63) is 461 Å². The highest BCUT2D eigenvalue weighted by Crippen LogP contribution is 2.48. The van der Waals surface area contributed by atoms with E-state index < -0.39 is 0 Å². The molecule has 6 aromatic heterocycles. The first-order valence-corrected chi connectivity index (χ1v) is 45.5. The van der Waals surface area contributed by atoms with E-state index in [0.29, 0.717) is 34.9 Å². The molecule has 0 saturated carbocycles. The fourth-order valence-electron chi connectivity index (χ4n) is 21.1. The van der Waals surface area contributed by atoms with Gasteiger partial charge in [-0.15, -0.1) is 0 Å². The van der Waals surface area contributed by atoms with Gasteiger partial charge in [0.2, 0.25) is 0 Å².